The number of hydrogen-bond donors (Lipinski definition) is 1. The van der Waals surface area contributed by atoms with Crippen molar-refractivity contribution in [3.63, 3.8) is 0 Å². The lowest BCUT2D eigenvalue weighted by Gasteiger charge is -2.23. The summed E-state index contributed by atoms with van der Waals surface area (Å²) in [6, 6.07) is 3.89. The summed E-state index contributed by atoms with van der Waals surface area (Å²) in [5, 5.41) is 3.25. The molecule has 1 fully saturated rings. The van der Waals surface area contributed by atoms with E-state index in [1.807, 2.05) is 12.1 Å². The molecule has 4 nitrogen and oxygen atoms in total. The van der Waals surface area contributed by atoms with Gasteiger partial charge in [-0.25, -0.2) is 0 Å². The zero-order chi connectivity index (χ0) is 9.64. The summed E-state index contributed by atoms with van der Waals surface area (Å²) in [6.07, 6.45) is 3.71. The maximum Gasteiger partial charge on any atom is 0.0981 e. The average Bonchev–Trinajstić information content (AvgIpc) is 2.29. The Kier molecular flexibility index (Phi) is 3.32. The van der Waals surface area contributed by atoms with Gasteiger partial charge in [0.1, 0.15) is 0 Å². The predicted molar refractivity (Wildman–Crippen MR) is 53.3 cm³/mol. The van der Waals surface area contributed by atoms with E-state index in [1.54, 1.807) is 12.4 Å². The van der Waals surface area contributed by atoms with Gasteiger partial charge in [0, 0.05) is 18.9 Å². The quantitative estimate of drug-likeness (QED) is 0.776. The van der Waals surface area contributed by atoms with Crippen LogP contribution in [0.3, 0.4) is 0 Å². The third-order valence-corrected chi connectivity index (χ3v) is 2.08. The Labute approximate surface area is 83.2 Å². The van der Waals surface area contributed by atoms with Gasteiger partial charge in [0.05, 0.1) is 31.6 Å². The molecular formula is C10H14N2O2. The molecule has 0 spiro atoms. The molecule has 76 valence electrons. The normalized spacial score (nSPS) is 21.9. The second-order valence-corrected chi connectivity index (χ2v) is 3.19. The fourth-order valence-electron chi connectivity index (χ4n) is 1.35. The third-order valence-electron chi connectivity index (χ3n) is 2.08. The Bertz CT molecular complexity index is 260. The molecule has 1 aliphatic heterocycles. The Morgan fingerprint density at radius 3 is 3.21 bits per heavy atom. The number of nitrogens with zero attached hydrogens (tertiary/aromatic N) is 1. The Morgan fingerprint density at radius 1 is 1.50 bits per heavy atom. The maximum absolute atomic E-state index is 5.49. The van der Waals surface area contributed by atoms with Crippen LogP contribution in [0.2, 0.25) is 0 Å². The topological polar surface area (TPSA) is 43.4 Å². The number of anilines is 1. The van der Waals surface area contributed by atoms with Gasteiger partial charge in [-0.1, -0.05) is 0 Å². The molecule has 0 aromatic carbocycles. The van der Waals surface area contributed by atoms with Gasteiger partial charge in [-0.2, -0.15) is 0 Å². The van der Waals surface area contributed by atoms with Crippen molar-refractivity contribution >= 4 is 5.69 Å². The highest BCUT2D eigenvalue weighted by Crippen LogP contribution is 2.05. The van der Waals surface area contributed by atoms with E-state index in [1.165, 1.54) is 0 Å². The minimum atomic E-state index is 0.156. The molecule has 1 unspecified atom stereocenters. The SMILES string of the molecule is c1cncc(NCC2COCCO2)c1. The van der Waals surface area contributed by atoms with Gasteiger partial charge in [-0.05, 0) is 12.1 Å². The maximum atomic E-state index is 5.49. The van der Waals surface area contributed by atoms with E-state index in [0.717, 1.165) is 12.2 Å². The molecule has 0 radical (unpaired) electrons. The molecule has 2 rings (SSSR count). The van der Waals surface area contributed by atoms with Crippen LogP contribution in [0.15, 0.2) is 24.5 Å². The molecule has 1 aliphatic rings. The molecule has 1 saturated heterocycles. The van der Waals surface area contributed by atoms with E-state index >= 15 is 0 Å². The Balaban J connectivity index is 1.76. The largest absolute Gasteiger partial charge is 0.381 e. The van der Waals surface area contributed by atoms with Crippen molar-refractivity contribution in [2.24, 2.45) is 0 Å². The van der Waals surface area contributed by atoms with E-state index in [-0.39, 0.29) is 6.10 Å². The van der Waals surface area contributed by atoms with Gasteiger partial charge in [-0.15, -0.1) is 0 Å². The summed E-state index contributed by atoms with van der Waals surface area (Å²) in [6.45, 7) is 2.85. The van der Waals surface area contributed by atoms with Crippen molar-refractivity contribution < 1.29 is 9.47 Å². The zero-order valence-corrected chi connectivity index (χ0v) is 7.98. The number of rotatable bonds is 3. The Morgan fingerprint density at radius 2 is 2.50 bits per heavy atom. The van der Waals surface area contributed by atoms with Crippen LogP contribution in [-0.2, 0) is 9.47 Å². The fourth-order valence-corrected chi connectivity index (χ4v) is 1.35. The number of nitrogens with one attached hydrogen (secondary N) is 1. The van der Waals surface area contributed by atoms with Gasteiger partial charge in [0.25, 0.3) is 0 Å². The molecule has 0 aliphatic carbocycles. The molecule has 0 saturated carbocycles. The first kappa shape index (κ1) is 9.43. The molecule has 1 atom stereocenters. The standard InChI is InChI=1S/C10H14N2O2/c1-2-9(6-11-3-1)12-7-10-8-13-4-5-14-10/h1-3,6,10,12H,4-5,7-8H2. The van der Waals surface area contributed by atoms with Crippen LogP contribution in [0.5, 0.6) is 0 Å². The number of hydrogen-bond acceptors (Lipinski definition) is 4. The molecular weight excluding hydrogens is 180 g/mol. The summed E-state index contributed by atoms with van der Waals surface area (Å²) < 4.78 is 10.8. The van der Waals surface area contributed by atoms with Crippen molar-refractivity contribution in [2.75, 3.05) is 31.7 Å². The molecule has 0 bridgehead atoms. The molecule has 1 aromatic rings. The second-order valence-electron chi connectivity index (χ2n) is 3.19. The number of ether oxygens (including phenoxy) is 2. The first-order valence-corrected chi connectivity index (χ1v) is 4.78. The lowest BCUT2D eigenvalue weighted by molar-refractivity contribution is -0.0818. The summed E-state index contributed by atoms with van der Waals surface area (Å²) in [7, 11) is 0. The van der Waals surface area contributed by atoms with Gasteiger partial charge < -0.3 is 14.8 Å². The molecule has 0 amide bonds. The van der Waals surface area contributed by atoms with Crippen LogP contribution < -0.4 is 5.32 Å². The first-order valence-electron chi connectivity index (χ1n) is 4.78. The van der Waals surface area contributed by atoms with Gasteiger partial charge in [-0.3, -0.25) is 4.98 Å². The van der Waals surface area contributed by atoms with E-state index in [4.69, 9.17) is 9.47 Å². The van der Waals surface area contributed by atoms with Crippen molar-refractivity contribution in [1.82, 2.24) is 4.98 Å². The van der Waals surface area contributed by atoms with Crippen molar-refractivity contribution in [1.29, 1.82) is 0 Å². The lowest BCUT2D eigenvalue weighted by atomic mass is 10.3. The van der Waals surface area contributed by atoms with E-state index in [9.17, 15) is 0 Å². The highest BCUT2D eigenvalue weighted by Gasteiger charge is 2.13. The Hall–Kier alpha value is -1.13. The summed E-state index contributed by atoms with van der Waals surface area (Å²) in [5.74, 6) is 0. The fraction of sp³-hybridized carbons (Fsp3) is 0.500. The summed E-state index contributed by atoms with van der Waals surface area (Å²) >= 11 is 0. The van der Waals surface area contributed by atoms with Crippen molar-refractivity contribution in [3.05, 3.63) is 24.5 Å². The molecule has 1 aromatic heterocycles. The summed E-state index contributed by atoms with van der Waals surface area (Å²) in [5.41, 5.74) is 1.02. The van der Waals surface area contributed by atoms with Crippen LogP contribution in [0.4, 0.5) is 5.69 Å². The van der Waals surface area contributed by atoms with E-state index < -0.39 is 0 Å². The number of aromatic nitrogens is 1. The van der Waals surface area contributed by atoms with Crippen molar-refractivity contribution in [3.8, 4) is 0 Å². The van der Waals surface area contributed by atoms with Gasteiger partial charge in [0.2, 0.25) is 0 Å². The van der Waals surface area contributed by atoms with Gasteiger partial charge in [0.15, 0.2) is 0 Å². The highest BCUT2D eigenvalue weighted by atomic mass is 16.6. The minimum absolute atomic E-state index is 0.156. The third kappa shape index (κ3) is 2.68. The van der Waals surface area contributed by atoms with Crippen LogP contribution in [0.1, 0.15) is 0 Å². The molecule has 4 heteroatoms. The first-order chi connectivity index (χ1) is 6.95. The predicted octanol–water partition coefficient (Wildman–Crippen LogP) is 0.909. The monoisotopic (exact) mass is 194 g/mol. The summed E-state index contributed by atoms with van der Waals surface area (Å²) in [4.78, 5) is 4.01. The molecule has 14 heavy (non-hydrogen) atoms. The van der Waals surface area contributed by atoms with Crippen LogP contribution in [0, 0.1) is 0 Å². The van der Waals surface area contributed by atoms with Gasteiger partial charge >= 0.3 is 0 Å². The van der Waals surface area contributed by atoms with E-state index in [0.29, 0.717) is 19.8 Å². The highest BCUT2D eigenvalue weighted by molar-refractivity contribution is 5.39. The molecule has 1 N–H and O–H groups in total. The second kappa shape index (κ2) is 4.93. The average molecular weight is 194 g/mol. The van der Waals surface area contributed by atoms with Crippen LogP contribution in [-0.4, -0.2) is 37.5 Å². The van der Waals surface area contributed by atoms with Crippen LogP contribution >= 0.6 is 0 Å². The van der Waals surface area contributed by atoms with Crippen molar-refractivity contribution in [2.45, 2.75) is 6.10 Å². The molecule has 2 heterocycles. The smallest absolute Gasteiger partial charge is 0.0981 e. The zero-order valence-electron chi connectivity index (χ0n) is 7.98. The van der Waals surface area contributed by atoms with Crippen LogP contribution in [0.25, 0.3) is 0 Å². The number of pyridine rings is 1. The minimum Gasteiger partial charge on any atom is -0.381 e. The van der Waals surface area contributed by atoms with E-state index in [2.05, 4.69) is 10.3 Å². The lowest BCUT2D eigenvalue weighted by Crippen LogP contribution is -2.34.